The van der Waals surface area contributed by atoms with Gasteiger partial charge in [-0.25, -0.2) is 9.78 Å². The van der Waals surface area contributed by atoms with Gasteiger partial charge in [0.25, 0.3) is 10.1 Å². The van der Waals surface area contributed by atoms with Gasteiger partial charge in [-0.05, 0) is 29.8 Å². The molecule has 0 amide bonds. The van der Waals surface area contributed by atoms with E-state index >= 15 is 0 Å². The first-order valence-corrected chi connectivity index (χ1v) is 8.47. The van der Waals surface area contributed by atoms with E-state index in [-0.39, 0.29) is 17.1 Å². The van der Waals surface area contributed by atoms with Crippen LogP contribution in [0, 0.1) is 0 Å². The molecule has 0 aliphatic carbocycles. The predicted octanol–water partition coefficient (Wildman–Crippen LogP) is 1.64. The van der Waals surface area contributed by atoms with Gasteiger partial charge in [0.15, 0.2) is 0 Å². The molecular weight excluding hydrogens is 338 g/mol. The van der Waals surface area contributed by atoms with E-state index in [9.17, 15) is 23.4 Å². The van der Waals surface area contributed by atoms with Gasteiger partial charge in [0, 0.05) is 11.6 Å². The van der Waals surface area contributed by atoms with E-state index in [4.69, 9.17) is 4.74 Å². The fourth-order valence-corrected chi connectivity index (χ4v) is 2.35. The molecule has 24 heavy (non-hydrogen) atoms. The number of methoxy groups -OCH3 is 1. The molecule has 2 N–H and O–H groups in total. The number of aromatic carboxylic acids is 1. The smallest absolute Gasteiger partial charge is 0.354 e. The Hall–Kier alpha value is -2.65. The molecule has 0 spiro atoms. The Morgan fingerprint density at radius 1 is 1.25 bits per heavy atom. The zero-order valence-electron chi connectivity index (χ0n) is 12.9. The molecular formula is C15H15NO7S. The van der Waals surface area contributed by atoms with Gasteiger partial charge in [0.1, 0.15) is 23.8 Å². The minimum atomic E-state index is -3.70. The highest BCUT2D eigenvalue weighted by molar-refractivity contribution is 7.85. The molecule has 8 nitrogen and oxygen atoms in total. The lowest BCUT2D eigenvalue weighted by Gasteiger charge is -2.11. The minimum absolute atomic E-state index is 0.0104. The minimum Gasteiger partial charge on any atom is -0.508 e. The normalized spacial score (nSPS) is 11.2. The molecule has 0 saturated carbocycles. The van der Waals surface area contributed by atoms with Crippen molar-refractivity contribution < 1.29 is 32.3 Å². The Labute approximate surface area is 138 Å². The SMILES string of the molecule is COc1cc(O)ccc1-c1cc(COS(C)(=O)=O)nc(C(=O)O)c1. The van der Waals surface area contributed by atoms with E-state index < -0.39 is 22.7 Å². The summed E-state index contributed by atoms with van der Waals surface area (Å²) in [7, 11) is -2.29. The lowest BCUT2D eigenvalue weighted by atomic mass is 10.0. The first-order chi connectivity index (χ1) is 11.2. The number of carboxylic acid groups (broad SMARTS) is 1. The highest BCUT2D eigenvalue weighted by Crippen LogP contribution is 2.33. The third-order valence-corrected chi connectivity index (χ3v) is 3.56. The Morgan fingerprint density at radius 2 is 1.96 bits per heavy atom. The van der Waals surface area contributed by atoms with E-state index in [1.54, 1.807) is 6.07 Å². The molecule has 0 unspecified atom stereocenters. The summed E-state index contributed by atoms with van der Waals surface area (Å²) in [6, 6.07) is 7.16. The Kier molecular flexibility index (Phi) is 5.05. The first kappa shape index (κ1) is 17.7. The number of rotatable bonds is 6. The number of aromatic nitrogens is 1. The van der Waals surface area contributed by atoms with Crippen molar-refractivity contribution in [1.29, 1.82) is 0 Å². The summed E-state index contributed by atoms with van der Waals surface area (Å²) in [4.78, 5) is 15.1. The number of nitrogens with zero attached hydrogens (tertiary/aromatic N) is 1. The van der Waals surface area contributed by atoms with Crippen molar-refractivity contribution in [2.24, 2.45) is 0 Å². The number of hydrogen-bond donors (Lipinski definition) is 2. The third kappa shape index (κ3) is 4.43. The van der Waals surface area contributed by atoms with Gasteiger partial charge in [-0.2, -0.15) is 8.42 Å². The number of phenolic OH excluding ortho intramolecular Hbond substituents is 1. The fourth-order valence-electron chi connectivity index (χ4n) is 2.01. The van der Waals surface area contributed by atoms with Crippen LogP contribution in [0.5, 0.6) is 11.5 Å². The number of benzene rings is 1. The monoisotopic (exact) mass is 353 g/mol. The highest BCUT2D eigenvalue weighted by Gasteiger charge is 2.15. The number of phenols is 1. The molecule has 0 saturated heterocycles. The number of pyridine rings is 1. The summed E-state index contributed by atoms with van der Waals surface area (Å²) in [6.07, 6.45) is 0.887. The van der Waals surface area contributed by atoms with Crippen LogP contribution < -0.4 is 4.74 Å². The standard InChI is InChI=1S/C15H15NO7S/c1-22-14-7-11(17)3-4-12(14)9-5-10(8-23-24(2,20)21)16-13(6-9)15(18)19/h3-7,17H,8H2,1-2H3,(H,18,19). The molecule has 2 rings (SSSR count). The third-order valence-electron chi connectivity index (χ3n) is 3.01. The molecule has 1 aromatic carbocycles. The molecule has 0 radical (unpaired) electrons. The highest BCUT2D eigenvalue weighted by atomic mass is 32.2. The Balaban J connectivity index is 2.53. The van der Waals surface area contributed by atoms with Gasteiger partial charge >= 0.3 is 5.97 Å². The number of carboxylic acids is 1. The van der Waals surface area contributed by atoms with Crippen molar-refractivity contribution in [2.45, 2.75) is 6.61 Å². The molecule has 2 aromatic rings. The van der Waals surface area contributed by atoms with E-state index in [1.165, 1.54) is 31.4 Å². The average Bonchev–Trinajstić information content (AvgIpc) is 2.51. The van der Waals surface area contributed by atoms with Crippen molar-refractivity contribution in [3.63, 3.8) is 0 Å². The zero-order valence-corrected chi connectivity index (χ0v) is 13.7. The molecule has 0 aliphatic heterocycles. The average molecular weight is 353 g/mol. The second-order valence-corrected chi connectivity index (χ2v) is 6.53. The van der Waals surface area contributed by atoms with Crippen LogP contribution in [0.25, 0.3) is 11.1 Å². The quantitative estimate of drug-likeness (QED) is 0.751. The molecule has 1 aromatic heterocycles. The van der Waals surface area contributed by atoms with Gasteiger partial charge in [0.2, 0.25) is 0 Å². The van der Waals surface area contributed by atoms with E-state index in [0.29, 0.717) is 16.9 Å². The second-order valence-electron chi connectivity index (χ2n) is 4.89. The van der Waals surface area contributed by atoms with Crippen molar-refractivity contribution in [2.75, 3.05) is 13.4 Å². The fraction of sp³-hybridized carbons (Fsp3) is 0.200. The molecule has 0 atom stereocenters. The number of ether oxygens (including phenoxy) is 1. The second kappa shape index (κ2) is 6.85. The summed E-state index contributed by atoms with van der Waals surface area (Å²) in [6.45, 7) is -0.395. The van der Waals surface area contributed by atoms with Crippen LogP contribution in [-0.4, -0.2) is 42.9 Å². The first-order valence-electron chi connectivity index (χ1n) is 6.65. The Bertz CT molecular complexity index is 877. The maximum atomic E-state index is 11.3. The van der Waals surface area contributed by atoms with E-state index in [0.717, 1.165) is 6.26 Å². The summed E-state index contributed by atoms with van der Waals surface area (Å²) in [5.41, 5.74) is 0.812. The van der Waals surface area contributed by atoms with Crippen LogP contribution in [0.1, 0.15) is 16.2 Å². The molecule has 9 heteroatoms. The lowest BCUT2D eigenvalue weighted by molar-refractivity contribution is 0.0690. The summed E-state index contributed by atoms with van der Waals surface area (Å²) in [5.74, 6) is -0.952. The van der Waals surface area contributed by atoms with E-state index in [2.05, 4.69) is 9.17 Å². The molecule has 0 bridgehead atoms. The van der Waals surface area contributed by atoms with Crippen LogP contribution in [0.3, 0.4) is 0 Å². The van der Waals surface area contributed by atoms with Gasteiger partial charge < -0.3 is 14.9 Å². The maximum Gasteiger partial charge on any atom is 0.354 e. The van der Waals surface area contributed by atoms with Crippen LogP contribution in [0.4, 0.5) is 0 Å². The van der Waals surface area contributed by atoms with Crippen molar-refractivity contribution in [1.82, 2.24) is 4.98 Å². The van der Waals surface area contributed by atoms with Crippen LogP contribution >= 0.6 is 0 Å². The van der Waals surface area contributed by atoms with Gasteiger partial charge in [-0.3, -0.25) is 4.18 Å². The maximum absolute atomic E-state index is 11.3. The molecule has 1 heterocycles. The van der Waals surface area contributed by atoms with Gasteiger partial charge in [0.05, 0.1) is 19.1 Å². The lowest BCUT2D eigenvalue weighted by Crippen LogP contribution is -2.08. The Morgan fingerprint density at radius 3 is 2.54 bits per heavy atom. The van der Waals surface area contributed by atoms with Gasteiger partial charge in [-0.1, -0.05) is 0 Å². The summed E-state index contributed by atoms with van der Waals surface area (Å²) >= 11 is 0. The van der Waals surface area contributed by atoms with Crippen LogP contribution in [-0.2, 0) is 20.9 Å². The summed E-state index contributed by atoms with van der Waals surface area (Å²) in [5, 5.41) is 18.7. The number of hydrogen-bond acceptors (Lipinski definition) is 7. The van der Waals surface area contributed by atoms with Crippen LogP contribution in [0.15, 0.2) is 30.3 Å². The number of carbonyl (C=O) groups is 1. The molecule has 128 valence electrons. The molecule has 0 fully saturated rings. The molecule has 0 aliphatic rings. The van der Waals surface area contributed by atoms with E-state index in [1.807, 2.05) is 0 Å². The van der Waals surface area contributed by atoms with Crippen molar-refractivity contribution in [3.05, 3.63) is 41.7 Å². The topological polar surface area (TPSA) is 123 Å². The number of aromatic hydroxyl groups is 1. The predicted molar refractivity (Wildman–Crippen MR) is 84.5 cm³/mol. The van der Waals surface area contributed by atoms with Crippen molar-refractivity contribution in [3.8, 4) is 22.6 Å². The van der Waals surface area contributed by atoms with Crippen LogP contribution in [0.2, 0.25) is 0 Å². The van der Waals surface area contributed by atoms with Gasteiger partial charge in [-0.15, -0.1) is 0 Å². The summed E-state index contributed by atoms with van der Waals surface area (Å²) < 4.78 is 32.0. The van der Waals surface area contributed by atoms with Crippen molar-refractivity contribution >= 4 is 16.1 Å². The zero-order chi connectivity index (χ0) is 17.9. The largest absolute Gasteiger partial charge is 0.508 e.